The fourth-order valence-electron chi connectivity index (χ4n) is 3.34. The van der Waals surface area contributed by atoms with Crippen molar-refractivity contribution < 1.29 is 23.9 Å². The highest BCUT2D eigenvalue weighted by molar-refractivity contribution is 9.09. The summed E-state index contributed by atoms with van der Waals surface area (Å²) in [5.74, 6) is -1.37. The largest absolute Gasteiger partial charge is 0.464 e. The molecule has 1 N–H and O–H groups in total. The summed E-state index contributed by atoms with van der Waals surface area (Å²) < 4.78 is 9.24. The van der Waals surface area contributed by atoms with Crippen LogP contribution in [0.5, 0.6) is 0 Å². The van der Waals surface area contributed by atoms with E-state index in [-0.39, 0.29) is 12.2 Å². The topological polar surface area (TPSA) is 81.7 Å². The van der Waals surface area contributed by atoms with Crippen LogP contribution >= 0.6 is 15.9 Å². The fraction of sp³-hybridized carbons (Fsp3) is 0.483. The molecule has 0 heterocycles. The van der Waals surface area contributed by atoms with Gasteiger partial charge in [0.05, 0.1) is 12.2 Å². The van der Waals surface area contributed by atoms with Crippen LogP contribution in [0.2, 0.25) is 0 Å². The number of carbonyl (C=O) groups excluding carboxylic acids is 3. The van der Waals surface area contributed by atoms with E-state index < -0.39 is 24.1 Å². The summed E-state index contributed by atoms with van der Waals surface area (Å²) in [7, 11) is 0. The van der Waals surface area contributed by atoms with Crippen molar-refractivity contribution in [3.63, 3.8) is 0 Å². The van der Waals surface area contributed by atoms with Gasteiger partial charge >= 0.3 is 18.0 Å². The first-order valence-corrected chi connectivity index (χ1v) is 13.9. The number of halogens is 1. The van der Waals surface area contributed by atoms with E-state index in [1.54, 1.807) is 25.1 Å². The van der Waals surface area contributed by atoms with Gasteiger partial charge in [-0.25, -0.2) is 14.4 Å². The van der Waals surface area contributed by atoms with Gasteiger partial charge in [0.2, 0.25) is 0 Å². The lowest BCUT2D eigenvalue weighted by Crippen LogP contribution is -2.40. The van der Waals surface area contributed by atoms with Crippen LogP contribution in [0.25, 0.3) is 0 Å². The van der Waals surface area contributed by atoms with Crippen LogP contribution in [0.4, 0.5) is 4.79 Å². The summed E-state index contributed by atoms with van der Waals surface area (Å²) in [6.07, 6.45) is 9.71. The van der Waals surface area contributed by atoms with Crippen molar-refractivity contribution in [1.82, 2.24) is 5.32 Å². The van der Waals surface area contributed by atoms with Gasteiger partial charge in [-0.3, -0.25) is 0 Å². The van der Waals surface area contributed by atoms with Gasteiger partial charge < -0.3 is 14.8 Å². The number of ether oxygens (including phenoxy) is 2. The molecule has 2 aromatic carbocycles. The molecule has 0 aliphatic heterocycles. The summed E-state index contributed by atoms with van der Waals surface area (Å²) in [6, 6.07) is 16.3. The van der Waals surface area contributed by atoms with Gasteiger partial charge in [-0.1, -0.05) is 97.4 Å². The molecule has 1 atom stereocenters. The maximum Gasteiger partial charge on any atom is 0.415 e. The number of hydrogen-bond donors (Lipinski definition) is 1. The lowest BCUT2D eigenvalue weighted by Gasteiger charge is -2.11. The summed E-state index contributed by atoms with van der Waals surface area (Å²) in [5.41, 5.74) is 3.19. The summed E-state index contributed by atoms with van der Waals surface area (Å²) >= 11 is 3.48. The maximum absolute atomic E-state index is 11.5. The molecule has 2 rings (SSSR count). The molecule has 1 unspecified atom stereocenters. The summed E-state index contributed by atoms with van der Waals surface area (Å²) in [5, 5.41) is 3.27. The molecule has 0 aliphatic carbocycles. The summed E-state index contributed by atoms with van der Waals surface area (Å²) in [4.78, 5) is 34.2. The lowest BCUT2D eigenvalue weighted by atomic mass is 10.0. The number of benzene rings is 2. The Kier molecular flexibility index (Phi) is 17.0. The predicted molar refractivity (Wildman–Crippen MR) is 148 cm³/mol. The van der Waals surface area contributed by atoms with Crippen LogP contribution in [-0.2, 0) is 27.1 Å². The van der Waals surface area contributed by atoms with E-state index in [1.807, 2.05) is 0 Å². The van der Waals surface area contributed by atoms with Crippen molar-refractivity contribution >= 4 is 34.0 Å². The Balaban J connectivity index is 0.000000362. The third-order valence-corrected chi connectivity index (χ3v) is 5.79. The van der Waals surface area contributed by atoms with Crippen molar-refractivity contribution in [2.45, 2.75) is 78.2 Å². The standard InChI is InChI=1S/C16H25Br.C13H15NO5/c1-2-3-4-5-6-7-8-15-9-11-16(12-10-15)13-14-17;1-3-18-11(15)9(2)14-13(17)19-12(16)10-7-5-4-6-8-10/h9-12H,2-8,13-14H2,1H3;4-9H,3H2,1-2H3,(H,14,17). The average Bonchev–Trinajstić information content (AvgIpc) is 2.88. The Bertz CT molecular complexity index is 886. The maximum atomic E-state index is 11.5. The highest BCUT2D eigenvalue weighted by Gasteiger charge is 2.19. The highest BCUT2D eigenvalue weighted by Crippen LogP contribution is 2.12. The fourth-order valence-corrected chi connectivity index (χ4v) is 3.80. The molecule has 0 radical (unpaired) electrons. The van der Waals surface area contributed by atoms with Crippen molar-refractivity contribution in [1.29, 1.82) is 0 Å². The zero-order valence-corrected chi connectivity index (χ0v) is 23.3. The smallest absolute Gasteiger partial charge is 0.415 e. The van der Waals surface area contributed by atoms with E-state index in [0.717, 1.165) is 11.8 Å². The van der Waals surface area contributed by atoms with Gasteiger partial charge in [0.25, 0.3) is 0 Å². The molecule has 0 spiro atoms. The average molecular weight is 563 g/mol. The van der Waals surface area contributed by atoms with Crippen LogP contribution in [-0.4, -0.2) is 36.0 Å². The molecule has 198 valence electrons. The second kappa shape index (κ2) is 19.5. The molecule has 0 fully saturated rings. The van der Waals surface area contributed by atoms with Crippen LogP contribution < -0.4 is 5.32 Å². The van der Waals surface area contributed by atoms with E-state index in [9.17, 15) is 14.4 Å². The van der Waals surface area contributed by atoms with Crippen LogP contribution in [0, 0.1) is 0 Å². The van der Waals surface area contributed by atoms with Crippen molar-refractivity contribution in [3.8, 4) is 0 Å². The number of carbonyl (C=O) groups is 3. The molecule has 2 aromatic rings. The SMILES string of the molecule is CCCCCCCCc1ccc(CCBr)cc1.CCOC(=O)C(C)NC(=O)OC(=O)c1ccccc1. The number of alkyl halides is 1. The van der Waals surface area contributed by atoms with Gasteiger partial charge in [-0.05, 0) is 56.4 Å². The molecule has 7 heteroatoms. The number of esters is 2. The quantitative estimate of drug-likeness (QED) is 0.123. The van der Waals surface area contributed by atoms with Gasteiger partial charge in [-0.15, -0.1) is 0 Å². The number of hydrogen-bond acceptors (Lipinski definition) is 5. The first kappa shape index (κ1) is 31.4. The van der Waals surface area contributed by atoms with Gasteiger partial charge in [0, 0.05) is 5.33 Å². The Hall–Kier alpha value is -2.67. The second-order valence-corrected chi connectivity index (χ2v) is 9.23. The molecule has 36 heavy (non-hydrogen) atoms. The predicted octanol–water partition coefficient (Wildman–Crippen LogP) is 7.03. The third kappa shape index (κ3) is 14.0. The minimum Gasteiger partial charge on any atom is -0.464 e. The molecule has 0 bridgehead atoms. The molecule has 0 saturated heterocycles. The first-order chi connectivity index (χ1) is 17.4. The minimum atomic E-state index is -0.991. The molecule has 0 saturated carbocycles. The van der Waals surface area contributed by atoms with Crippen molar-refractivity contribution in [3.05, 3.63) is 71.3 Å². The number of amides is 1. The van der Waals surface area contributed by atoms with E-state index in [0.29, 0.717) is 0 Å². The molecular formula is C29H40BrNO5. The van der Waals surface area contributed by atoms with Crippen molar-refractivity contribution in [2.24, 2.45) is 0 Å². The van der Waals surface area contributed by atoms with Gasteiger partial charge in [-0.2, -0.15) is 0 Å². The van der Waals surface area contributed by atoms with E-state index in [4.69, 9.17) is 4.74 Å². The molecule has 1 amide bonds. The Morgan fingerprint density at radius 3 is 2.00 bits per heavy atom. The molecule has 0 aliphatic rings. The minimum absolute atomic E-state index is 0.211. The second-order valence-electron chi connectivity index (χ2n) is 8.43. The number of alkyl carbamates (subject to hydrolysis) is 1. The molecule has 0 aromatic heterocycles. The van der Waals surface area contributed by atoms with Crippen LogP contribution in [0.1, 0.15) is 80.8 Å². The number of unbranched alkanes of at least 4 members (excludes halogenated alkanes) is 5. The van der Waals surface area contributed by atoms with Crippen LogP contribution in [0.15, 0.2) is 54.6 Å². The van der Waals surface area contributed by atoms with E-state index in [1.165, 1.54) is 75.1 Å². The lowest BCUT2D eigenvalue weighted by molar-refractivity contribution is -0.145. The Morgan fingerprint density at radius 1 is 0.833 bits per heavy atom. The zero-order chi connectivity index (χ0) is 26.6. The van der Waals surface area contributed by atoms with E-state index in [2.05, 4.69) is 57.2 Å². The number of rotatable bonds is 13. The van der Waals surface area contributed by atoms with Gasteiger partial charge in [0.15, 0.2) is 0 Å². The van der Waals surface area contributed by atoms with E-state index >= 15 is 0 Å². The third-order valence-electron chi connectivity index (χ3n) is 5.39. The zero-order valence-electron chi connectivity index (χ0n) is 21.8. The highest BCUT2D eigenvalue weighted by atomic mass is 79.9. The van der Waals surface area contributed by atoms with Crippen molar-refractivity contribution in [2.75, 3.05) is 11.9 Å². The first-order valence-electron chi connectivity index (χ1n) is 12.8. The monoisotopic (exact) mass is 561 g/mol. The molecule has 6 nitrogen and oxygen atoms in total. The van der Waals surface area contributed by atoms with Crippen LogP contribution in [0.3, 0.4) is 0 Å². The number of aryl methyl sites for hydroxylation is 2. The Morgan fingerprint density at radius 2 is 1.42 bits per heavy atom. The molecular weight excluding hydrogens is 522 g/mol. The number of nitrogens with one attached hydrogen (secondary N) is 1. The summed E-state index contributed by atoms with van der Waals surface area (Å²) in [6.45, 7) is 5.57. The Labute approximate surface area is 224 Å². The van der Waals surface area contributed by atoms with Gasteiger partial charge in [0.1, 0.15) is 6.04 Å². The normalized spacial score (nSPS) is 11.0.